The summed E-state index contributed by atoms with van der Waals surface area (Å²) in [5.41, 5.74) is 4.79. The zero-order valence-corrected chi connectivity index (χ0v) is 20.6. The minimum atomic E-state index is -0.424. The molecule has 3 aromatic carbocycles. The Labute approximate surface area is 210 Å². The maximum atomic E-state index is 12.8. The van der Waals surface area contributed by atoms with Gasteiger partial charge in [0, 0.05) is 42.6 Å². The molecule has 1 aliphatic rings. The van der Waals surface area contributed by atoms with Gasteiger partial charge in [0.2, 0.25) is 0 Å². The van der Waals surface area contributed by atoms with Gasteiger partial charge < -0.3 is 25.2 Å². The first kappa shape index (κ1) is 24.4. The Morgan fingerprint density at radius 1 is 0.886 bits per heavy atom. The Bertz CT molecular complexity index is 1190. The molecule has 0 aromatic heterocycles. The van der Waals surface area contributed by atoms with Gasteiger partial charge in [0.1, 0.15) is 0 Å². The third kappa shape index (κ3) is 6.05. The second-order valence-electron chi connectivity index (χ2n) is 8.30. The SMILES string of the molecule is CCOC(=O)c1ccc(N2CCN(c3cc(Cl)ccc3C)CC2)c(NC(=O)Nc2ccccc2)c1. The number of nitrogens with one attached hydrogen (secondary N) is 2. The number of hydrogen-bond acceptors (Lipinski definition) is 5. The lowest BCUT2D eigenvalue weighted by atomic mass is 10.1. The number of esters is 1. The molecular formula is C27H29ClN4O3. The Balaban J connectivity index is 1.53. The molecule has 3 aromatic rings. The summed E-state index contributed by atoms with van der Waals surface area (Å²) in [5.74, 6) is -0.424. The summed E-state index contributed by atoms with van der Waals surface area (Å²) in [6.07, 6.45) is 0. The highest BCUT2D eigenvalue weighted by molar-refractivity contribution is 6.30. The van der Waals surface area contributed by atoms with Crippen LogP contribution >= 0.6 is 11.6 Å². The molecule has 7 nitrogen and oxygen atoms in total. The lowest BCUT2D eigenvalue weighted by Crippen LogP contribution is -2.47. The molecule has 1 aliphatic heterocycles. The highest BCUT2D eigenvalue weighted by atomic mass is 35.5. The number of halogens is 1. The number of anilines is 4. The highest BCUT2D eigenvalue weighted by Gasteiger charge is 2.22. The molecular weight excluding hydrogens is 464 g/mol. The van der Waals surface area contributed by atoms with Crippen LogP contribution in [0.4, 0.5) is 27.5 Å². The minimum absolute atomic E-state index is 0.280. The van der Waals surface area contributed by atoms with Crippen LogP contribution < -0.4 is 20.4 Å². The minimum Gasteiger partial charge on any atom is -0.462 e. The van der Waals surface area contributed by atoms with Crippen LogP contribution in [0.15, 0.2) is 66.7 Å². The van der Waals surface area contributed by atoms with Crippen molar-refractivity contribution >= 4 is 46.4 Å². The van der Waals surface area contributed by atoms with E-state index in [4.69, 9.17) is 16.3 Å². The number of hydrogen-bond donors (Lipinski definition) is 2. The van der Waals surface area contributed by atoms with Crippen LogP contribution in [0.1, 0.15) is 22.8 Å². The van der Waals surface area contributed by atoms with E-state index >= 15 is 0 Å². The van der Waals surface area contributed by atoms with E-state index in [9.17, 15) is 9.59 Å². The fraction of sp³-hybridized carbons (Fsp3) is 0.259. The zero-order valence-electron chi connectivity index (χ0n) is 19.9. The van der Waals surface area contributed by atoms with Gasteiger partial charge >= 0.3 is 12.0 Å². The third-order valence-electron chi connectivity index (χ3n) is 5.92. The van der Waals surface area contributed by atoms with Crippen LogP contribution in [0.5, 0.6) is 0 Å². The second kappa shape index (κ2) is 11.1. The Hall–Kier alpha value is -3.71. The summed E-state index contributed by atoms with van der Waals surface area (Å²) < 4.78 is 5.15. The largest absolute Gasteiger partial charge is 0.462 e. The van der Waals surface area contributed by atoms with E-state index in [1.54, 1.807) is 19.1 Å². The quantitative estimate of drug-likeness (QED) is 0.426. The Morgan fingerprint density at radius 2 is 1.57 bits per heavy atom. The predicted molar refractivity (Wildman–Crippen MR) is 142 cm³/mol. The summed E-state index contributed by atoms with van der Waals surface area (Å²) >= 11 is 6.23. The second-order valence-corrected chi connectivity index (χ2v) is 8.74. The van der Waals surface area contributed by atoms with Crippen LogP contribution in [-0.2, 0) is 4.74 Å². The number of amides is 2. The number of rotatable bonds is 6. The van der Waals surface area contributed by atoms with E-state index < -0.39 is 5.97 Å². The Kier molecular flexibility index (Phi) is 7.77. The molecule has 35 heavy (non-hydrogen) atoms. The number of aryl methyl sites for hydroxylation is 1. The standard InChI is InChI=1S/C27H29ClN4O3/c1-3-35-26(33)20-10-12-24(23(17-20)30-27(34)29-22-7-5-4-6-8-22)31-13-15-32(16-14-31)25-18-21(28)11-9-19(25)2/h4-12,17-18H,3,13-16H2,1-2H3,(H2,29,30,34). The number of nitrogens with zero attached hydrogens (tertiary/aromatic N) is 2. The first-order valence-electron chi connectivity index (χ1n) is 11.6. The van der Waals surface area contributed by atoms with E-state index in [0.717, 1.165) is 42.6 Å². The third-order valence-corrected chi connectivity index (χ3v) is 6.15. The van der Waals surface area contributed by atoms with Gasteiger partial charge in [-0.05, 0) is 61.9 Å². The monoisotopic (exact) mass is 492 g/mol. The van der Waals surface area contributed by atoms with E-state index in [0.29, 0.717) is 16.9 Å². The summed E-state index contributed by atoms with van der Waals surface area (Å²) in [6, 6.07) is 20.0. The maximum absolute atomic E-state index is 12.8. The van der Waals surface area contributed by atoms with E-state index in [-0.39, 0.29) is 12.6 Å². The smallest absolute Gasteiger partial charge is 0.338 e. The average Bonchev–Trinajstić information content (AvgIpc) is 2.86. The van der Waals surface area contributed by atoms with Crippen molar-refractivity contribution < 1.29 is 14.3 Å². The molecule has 2 N–H and O–H groups in total. The summed E-state index contributed by atoms with van der Waals surface area (Å²) in [5, 5.41) is 6.47. The molecule has 0 bridgehead atoms. The number of urea groups is 1. The number of benzene rings is 3. The highest BCUT2D eigenvalue weighted by Crippen LogP contribution is 2.31. The van der Waals surface area contributed by atoms with Gasteiger partial charge in [-0.25, -0.2) is 9.59 Å². The molecule has 0 unspecified atom stereocenters. The average molecular weight is 493 g/mol. The molecule has 1 saturated heterocycles. The van der Waals surface area contributed by atoms with Gasteiger partial charge in [0.25, 0.3) is 0 Å². The van der Waals surface area contributed by atoms with Gasteiger partial charge in [-0.15, -0.1) is 0 Å². The fourth-order valence-electron chi connectivity index (χ4n) is 4.17. The fourth-order valence-corrected chi connectivity index (χ4v) is 4.34. The Morgan fingerprint density at radius 3 is 2.26 bits per heavy atom. The molecule has 0 aliphatic carbocycles. The summed E-state index contributed by atoms with van der Waals surface area (Å²) in [6.45, 7) is 7.23. The van der Waals surface area contributed by atoms with E-state index in [2.05, 4.69) is 27.4 Å². The molecule has 0 spiro atoms. The van der Waals surface area contributed by atoms with Crippen molar-refractivity contribution in [3.8, 4) is 0 Å². The normalized spacial score (nSPS) is 13.3. The van der Waals surface area contributed by atoms with Crippen molar-refractivity contribution in [3.05, 3.63) is 82.9 Å². The van der Waals surface area contributed by atoms with E-state index in [1.165, 1.54) is 5.56 Å². The van der Waals surface area contributed by atoms with Crippen molar-refractivity contribution in [2.45, 2.75) is 13.8 Å². The summed E-state index contributed by atoms with van der Waals surface area (Å²) in [4.78, 5) is 29.6. The van der Waals surface area contributed by atoms with Crippen molar-refractivity contribution in [2.24, 2.45) is 0 Å². The molecule has 2 amide bonds. The molecule has 0 saturated carbocycles. The van der Waals surface area contributed by atoms with Gasteiger partial charge in [-0.1, -0.05) is 35.9 Å². The number of para-hydroxylation sites is 1. The van der Waals surface area contributed by atoms with Gasteiger partial charge in [0.05, 0.1) is 23.5 Å². The number of carbonyl (C=O) groups excluding carboxylic acids is 2. The van der Waals surface area contributed by atoms with Gasteiger partial charge in [-0.2, -0.15) is 0 Å². The molecule has 8 heteroatoms. The van der Waals surface area contributed by atoms with Crippen molar-refractivity contribution in [3.63, 3.8) is 0 Å². The molecule has 4 rings (SSSR count). The zero-order chi connectivity index (χ0) is 24.8. The molecule has 0 atom stereocenters. The molecule has 0 radical (unpaired) electrons. The summed E-state index contributed by atoms with van der Waals surface area (Å²) in [7, 11) is 0. The van der Waals surface area contributed by atoms with E-state index in [1.807, 2.05) is 54.6 Å². The van der Waals surface area contributed by atoms with Crippen LogP contribution in [0.2, 0.25) is 5.02 Å². The van der Waals surface area contributed by atoms with Crippen LogP contribution in [0.25, 0.3) is 0 Å². The van der Waals surface area contributed by atoms with Crippen LogP contribution in [-0.4, -0.2) is 44.8 Å². The van der Waals surface area contributed by atoms with Crippen molar-refractivity contribution in [1.82, 2.24) is 0 Å². The van der Waals surface area contributed by atoms with Crippen molar-refractivity contribution in [2.75, 3.05) is 53.2 Å². The lowest BCUT2D eigenvalue weighted by Gasteiger charge is -2.38. The predicted octanol–water partition coefficient (Wildman–Crippen LogP) is 5.80. The van der Waals surface area contributed by atoms with Gasteiger partial charge in [-0.3, -0.25) is 0 Å². The van der Waals surface area contributed by atoms with Crippen LogP contribution in [0.3, 0.4) is 0 Å². The lowest BCUT2D eigenvalue weighted by molar-refractivity contribution is 0.0526. The molecule has 1 heterocycles. The topological polar surface area (TPSA) is 73.9 Å². The number of ether oxygens (including phenoxy) is 1. The maximum Gasteiger partial charge on any atom is 0.338 e. The first-order valence-corrected chi connectivity index (χ1v) is 12.0. The number of carbonyl (C=O) groups is 2. The first-order chi connectivity index (χ1) is 16.9. The van der Waals surface area contributed by atoms with Gasteiger partial charge in [0.15, 0.2) is 0 Å². The molecule has 1 fully saturated rings. The van der Waals surface area contributed by atoms with Crippen molar-refractivity contribution in [1.29, 1.82) is 0 Å². The molecule has 182 valence electrons. The number of piperazine rings is 1. The van der Waals surface area contributed by atoms with Crippen LogP contribution in [0, 0.1) is 6.92 Å².